The maximum atomic E-state index is 12.9. The third kappa shape index (κ3) is 3.42. The average Bonchev–Trinajstić information content (AvgIpc) is 3.02. The van der Waals surface area contributed by atoms with Crippen LogP contribution >= 0.6 is 0 Å². The normalized spacial score (nSPS) is 15.4. The van der Waals surface area contributed by atoms with Crippen LogP contribution in [-0.4, -0.2) is 29.3 Å². The third-order valence-electron chi connectivity index (χ3n) is 4.40. The first-order chi connectivity index (χ1) is 12.5. The quantitative estimate of drug-likeness (QED) is 0.659. The van der Waals surface area contributed by atoms with Gasteiger partial charge < -0.3 is 5.32 Å². The molecular weight excluding hydrogens is 334 g/mol. The minimum Gasteiger partial charge on any atom is -0.355 e. The van der Waals surface area contributed by atoms with Crippen molar-refractivity contribution in [3.05, 3.63) is 69.8 Å². The number of anilines is 1. The molecule has 0 fully saturated rings. The Bertz CT molecular complexity index is 848. The predicted molar refractivity (Wildman–Crippen MR) is 96.9 cm³/mol. The van der Waals surface area contributed by atoms with E-state index in [1.54, 1.807) is 17.0 Å². The van der Waals surface area contributed by atoms with Crippen molar-refractivity contribution in [1.82, 2.24) is 5.32 Å². The topological polar surface area (TPSA) is 92.6 Å². The maximum absolute atomic E-state index is 12.9. The molecule has 7 heteroatoms. The first-order valence-electron chi connectivity index (χ1n) is 8.42. The molecule has 26 heavy (non-hydrogen) atoms. The number of carbonyl (C=O) groups excluding carboxylic acids is 2. The molecule has 0 aromatic heterocycles. The molecule has 2 aromatic rings. The minimum absolute atomic E-state index is 0.0204. The monoisotopic (exact) mass is 353 g/mol. The van der Waals surface area contributed by atoms with Gasteiger partial charge in [0.1, 0.15) is 6.04 Å². The number of nitro groups is 1. The Morgan fingerprint density at radius 1 is 1.19 bits per heavy atom. The second-order valence-corrected chi connectivity index (χ2v) is 6.11. The largest absolute Gasteiger partial charge is 0.355 e. The molecule has 134 valence electrons. The van der Waals surface area contributed by atoms with E-state index in [1.807, 2.05) is 31.2 Å². The van der Waals surface area contributed by atoms with Crippen LogP contribution in [0, 0.1) is 10.1 Å². The lowest BCUT2D eigenvalue weighted by Crippen LogP contribution is -2.48. The van der Waals surface area contributed by atoms with Crippen LogP contribution in [0.1, 0.15) is 18.1 Å². The summed E-state index contributed by atoms with van der Waals surface area (Å²) in [6.45, 7) is 2.33. The van der Waals surface area contributed by atoms with Crippen LogP contribution in [0.25, 0.3) is 0 Å². The molecule has 7 nitrogen and oxygen atoms in total. The number of carbonyl (C=O) groups is 2. The van der Waals surface area contributed by atoms with Gasteiger partial charge in [0.15, 0.2) is 0 Å². The molecule has 1 aliphatic heterocycles. The van der Waals surface area contributed by atoms with E-state index in [0.717, 1.165) is 11.3 Å². The number of para-hydroxylation sites is 1. The van der Waals surface area contributed by atoms with Gasteiger partial charge in [0.25, 0.3) is 5.69 Å². The molecule has 0 saturated carbocycles. The Morgan fingerprint density at radius 3 is 2.54 bits per heavy atom. The van der Waals surface area contributed by atoms with Crippen LogP contribution < -0.4 is 10.2 Å². The van der Waals surface area contributed by atoms with Crippen molar-refractivity contribution in [2.75, 3.05) is 11.4 Å². The lowest BCUT2D eigenvalue weighted by molar-refractivity contribution is -0.384. The molecule has 1 N–H and O–H groups in total. The molecule has 0 aliphatic carbocycles. The Labute approximate surface area is 150 Å². The summed E-state index contributed by atoms with van der Waals surface area (Å²) < 4.78 is 0. The highest BCUT2D eigenvalue weighted by Crippen LogP contribution is 2.32. The molecule has 1 heterocycles. The molecule has 0 bridgehead atoms. The van der Waals surface area contributed by atoms with E-state index in [1.165, 1.54) is 12.1 Å². The highest BCUT2D eigenvalue weighted by molar-refractivity contribution is 6.04. The SMILES string of the molecule is CCNC(=O)C1Cc2ccccc2N1C(=O)Cc1ccc([N+](=O)[O-])cc1. The Kier molecular flexibility index (Phi) is 4.97. The number of hydrogen-bond acceptors (Lipinski definition) is 4. The summed E-state index contributed by atoms with van der Waals surface area (Å²) in [6.07, 6.45) is 0.552. The van der Waals surface area contributed by atoms with Gasteiger partial charge in [0, 0.05) is 30.8 Å². The Morgan fingerprint density at radius 2 is 1.88 bits per heavy atom. The zero-order chi connectivity index (χ0) is 18.7. The van der Waals surface area contributed by atoms with Crippen molar-refractivity contribution in [2.45, 2.75) is 25.8 Å². The number of rotatable bonds is 5. The number of non-ortho nitro benzene ring substituents is 1. The van der Waals surface area contributed by atoms with Crippen molar-refractivity contribution in [3.63, 3.8) is 0 Å². The Hall–Kier alpha value is -3.22. The summed E-state index contributed by atoms with van der Waals surface area (Å²) in [5.74, 6) is -0.388. The average molecular weight is 353 g/mol. The summed E-state index contributed by atoms with van der Waals surface area (Å²) in [7, 11) is 0. The fourth-order valence-electron chi connectivity index (χ4n) is 3.19. The van der Waals surface area contributed by atoms with E-state index >= 15 is 0 Å². The van der Waals surface area contributed by atoms with E-state index in [0.29, 0.717) is 18.5 Å². The number of likely N-dealkylation sites (N-methyl/N-ethyl adjacent to an activating group) is 1. The van der Waals surface area contributed by atoms with Crippen molar-refractivity contribution in [3.8, 4) is 0 Å². The number of nitrogens with zero attached hydrogens (tertiary/aromatic N) is 2. The standard InChI is InChI=1S/C19H19N3O4/c1-2-20-19(24)17-12-14-5-3-4-6-16(14)21(17)18(23)11-13-7-9-15(10-8-13)22(25)26/h3-10,17H,2,11-12H2,1H3,(H,20,24). The van der Waals surface area contributed by atoms with Crippen molar-refractivity contribution < 1.29 is 14.5 Å². The maximum Gasteiger partial charge on any atom is 0.269 e. The zero-order valence-corrected chi connectivity index (χ0v) is 14.3. The summed E-state index contributed by atoms with van der Waals surface area (Å²) in [4.78, 5) is 37.2. The van der Waals surface area contributed by atoms with Gasteiger partial charge in [0.2, 0.25) is 11.8 Å². The Balaban J connectivity index is 1.84. The van der Waals surface area contributed by atoms with E-state index in [4.69, 9.17) is 0 Å². The summed E-state index contributed by atoms with van der Waals surface area (Å²) in [5, 5.41) is 13.5. The van der Waals surface area contributed by atoms with E-state index < -0.39 is 11.0 Å². The second kappa shape index (κ2) is 7.35. The van der Waals surface area contributed by atoms with Crippen LogP contribution in [0.5, 0.6) is 0 Å². The zero-order valence-electron chi connectivity index (χ0n) is 14.3. The highest BCUT2D eigenvalue weighted by atomic mass is 16.6. The molecule has 0 radical (unpaired) electrons. The molecule has 3 rings (SSSR count). The predicted octanol–water partition coefficient (Wildman–Crippen LogP) is 2.23. The van der Waals surface area contributed by atoms with Crippen LogP contribution in [0.4, 0.5) is 11.4 Å². The number of nitro benzene ring substituents is 1. The fourth-order valence-corrected chi connectivity index (χ4v) is 3.19. The fraction of sp³-hybridized carbons (Fsp3) is 0.263. The van der Waals surface area contributed by atoms with Gasteiger partial charge in [-0.2, -0.15) is 0 Å². The van der Waals surface area contributed by atoms with E-state index in [2.05, 4.69) is 5.32 Å². The number of hydrogen-bond donors (Lipinski definition) is 1. The van der Waals surface area contributed by atoms with Gasteiger partial charge in [0.05, 0.1) is 11.3 Å². The third-order valence-corrected chi connectivity index (χ3v) is 4.40. The summed E-state index contributed by atoms with van der Waals surface area (Å²) in [6, 6.07) is 12.8. The number of amides is 2. The van der Waals surface area contributed by atoms with Gasteiger partial charge in [-0.15, -0.1) is 0 Å². The molecule has 0 spiro atoms. The van der Waals surface area contributed by atoms with Crippen LogP contribution in [0.2, 0.25) is 0 Å². The van der Waals surface area contributed by atoms with Gasteiger partial charge in [-0.25, -0.2) is 0 Å². The number of fused-ring (bicyclic) bond motifs is 1. The van der Waals surface area contributed by atoms with Gasteiger partial charge in [-0.05, 0) is 24.1 Å². The van der Waals surface area contributed by atoms with Gasteiger partial charge in [-0.3, -0.25) is 24.6 Å². The van der Waals surface area contributed by atoms with Crippen LogP contribution in [-0.2, 0) is 22.4 Å². The smallest absolute Gasteiger partial charge is 0.269 e. The van der Waals surface area contributed by atoms with Gasteiger partial charge in [-0.1, -0.05) is 30.3 Å². The molecule has 1 unspecified atom stereocenters. The molecule has 2 aromatic carbocycles. The van der Waals surface area contributed by atoms with Crippen molar-refractivity contribution in [2.24, 2.45) is 0 Å². The van der Waals surface area contributed by atoms with Crippen molar-refractivity contribution in [1.29, 1.82) is 0 Å². The van der Waals surface area contributed by atoms with E-state index in [9.17, 15) is 19.7 Å². The molecule has 0 saturated heterocycles. The first-order valence-corrected chi connectivity index (χ1v) is 8.42. The summed E-state index contributed by atoms with van der Waals surface area (Å²) in [5.41, 5.74) is 2.35. The second-order valence-electron chi connectivity index (χ2n) is 6.11. The molecular formula is C19H19N3O4. The molecule has 1 atom stereocenters. The number of nitrogens with one attached hydrogen (secondary N) is 1. The molecule has 1 aliphatic rings. The lowest BCUT2D eigenvalue weighted by Gasteiger charge is -2.25. The lowest BCUT2D eigenvalue weighted by atomic mass is 10.1. The molecule has 2 amide bonds. The van der Waals surface area contributed by atoms with Crippen molar-refractivity contribution >= 4 is 23.2 Å². The highest BCUT2D eigenvalue weighted by Gasteiger charge is 2.37. The minimum atomic E-state index is -0.571. The first kappa shape index (κ1) is 17.6. The number of benzene rings is 2. The van der Waals surface area contributed by atoms with Gasteiger partial charge >= 0.3 is 0 Å². The van der Waals surface area contributed by atoms with E-state index in [-0.39, 0.29) is 23.9 Å². The van der Waals surface area contributed by atoms with Crippen LogP contribution in [0.3, 0.4) is 0 Å². The summed E-state index contributed by atoms with van der Waals surface area (Å²) >= 11 is 0. The van der Waals surface area contributed by atoms with Crippen LogP contribution in [0.15, 0.2) is 48.5 Å².